The quantitative estimate of drug-likeness (QED) is 0.272. The Morgan fingerprint density at radius 1 is 1.35 bits per heavy atom. The van der Waals surface area contributed by atoms with E-state index >= 15 is 0 Å². The SMILES string of the molecule is CCCCOC(=O)C(CC(=O)O)S(=O)(=O)O.[CaH2]. The number of hydrogen-bond acceptors (Lipinski definition) is 5. The second-order valence-electron chi connectivity index (χ2n) is 3.12. The van der Waals surface area contributed by atoms with E-state index in [4.69, 9.17) is 9.66 Å². The zero-order valence-electron chi connectivity index (χ0n) is 8.75. The monoisotopic (exact) mass is 296 g/mol. The number of esters is 1. The van der Waals surface area contributed by atoms with Crippen LogP contribution in [0.1, 0.15) is 26.2 Å². The fraction of sp³-hybridized carbons (Fsp3) is 0.750. The van der Waals surface area contributed by atoms with Crippen LogP contribution in [0.25, 0.3) is 0 Å². The van der Waals surface area contributed by atoms with Crippen LogP contribution in [0.3, 0.4) is 0 Å². The van der Waals surface area contributed by atoms with E-state index in [9.17, 15) is 18.0 Å². The Morgan fingerprint density at radius 2 is 1.88 bits per heavy atom. The molecule has 0 aliphatic rings. The Labute approximate surface area is 129 Å². The van der Waals surface area contributed by atoms with Crippen LogP contribution in [-0.4, -0.2) is 79.6 Å². The average molecular weight is 296 g/mol. The van der Waals surface area contributed by atoms with Crippen molar-refractivity contribution in [1.82, 2.24) is 0 Å². The number of carboxylic acid groups (broad SMARTS) is 1. The number of carbonyl (C=O) groups excluding carboxylic acids is 1. The van der Waals surface area contributed by atoms with Gasteiger partial charge < -0.3 is 9.84 Å². The Kier molecular flexibility index (Phi) is 10.4. The summed E-state index contributed by atoms with van der Waals surface area (Å²) in [5, 5.41) is 6.33. The van der Waals surface area contributed by atoms with E-state index in [0.717, 1.165) is 6.42 Å². The normalized spacial score (nSPS) is 12.4. The molecule has 0 fully saturated rings. The molecule has 0 saturated carbocycles. The van der Waals surface area contributed by atoms with Gasteiger partial charge in [-0.05, 0) is 6.42 Å². The predicted molar refractivity (Wildman–Crippen MR) is 62.0 cm³/mol. The van der Waals surface area contributed by atoms with Gasteiger partial charge >= 0.3 is 49.7 Å². The van der Waals surface area contributed by atoms with E-state index in [1.807, 2.05) is 6.92 Å². The minimum absolute atomic E-state index is 0. The summed E-state index contributed by atoms with van der Waals surface area (Å²) in [6.07, 6.45) is 0.267. The number of carbonyl (C=O) groups is 2. The third-order valence-corrected chi connectivity index (χ3v) is 2.80. The van der Waals surface area contributed by atoms with E-state index in [2.05, 4.69) is 4.74 Å². The van der Waals surface area contributed by atoms with Crippen molar-refractivity contribution in [3.05, 3.63) is 0 Å². The second kappa shape index (κ2) is 9.09. The molecule has 0 heterocycles. The molecule has 0 radical (unpaired) electrons. The molecule has 0 aliphatic carbocycles. The van der Waals surface area contributed by atoms with Crippen molar-refractivity contribution < 1.29 is 32.4 Å². The summed E-state index contributed by atoms with van der Waals surface area (Å²) in [5.74, 6) is -2.74. The van der Waals surface area contributed by atoms with Crippen LogP contribution in [0, 0.1) is 0 Å². The molecule has 0 aliphatic heterocycles. The Hall–Kier alpha value is 0.110. The van der Waals surface area contributed by atoms with E-state index in [-0.39, 0.29) is 44.3 Å². The van der Waals surface area contributed by atoms with Crippen LogP contribution in [-0.2, 0) is 24.4 Å². The zero-order valence-corrected chi connectivity index (χ0v) is 9.57. The molecule has 1 unspecified atom stereocenters. The molecule has 0 aromatic carbocycles. The topological polar surface area (TPSA) is 118 Å². The molecule has 7 nitrogen and oxygen atoms in total. The van der Waals surface area contributed by atoms with Crippen LogP contribution in [0.4, 0.5) is 0 Å². The third-order valence-electron chi connectivity index (χ3n) is 1.72. The third kappa shape index (κ3) is 8.78. The van der Waals surface area contributed by atoms with Crippen LogP contribution in [0.15, 0.2) is 0 Å². The Balaban J connectivity index is 0. The molecule has 17 heavy (non-hydrogen) atoms. The van der Waals surface area contributed by atoms with Crippen molar-refractivity contribution in [3.8, 4) is 0 Å². The molecule has 0 spiro atoms. The van der Waals surface area contributed by atoms with Gasteiger partial charge in [0.05, 0.1) is 13.0 Å². The van der Waals surface area contributed by atoms with Gasteiger partial charge in [0.1, 0.15) is 0 Å². The average Bonchev–Trinajstić information content (AvgIpc) is 2.12. The fourth-order valence-corrected chi connectivity index (χ4v) is 1.54. The summed E-state index contributed by atoms with van der Waals surface area (Å²) in [7, 11) is -4.75. The van der Waals surface area contributed by atoms with Crippen LogP contribution in [0.2, 0.25) is 0 Å². The predicted octanol–water partition coefficient (Wildman–Crippen LogP) is -0.855. The van der Waals surface area contributed by atoms with Gasteiger partial charge in [0.15, 0.2) is 5.25 Å². The molecule has 0 saturated heterocycles. The van der Waals surface area contributed by atoms with Gasteiger partial charge in [0.25, 0.3) is 10.1 Å². The van der Waals surface area contributed by atoms with Crippen LogP contribution in [0.5, 0.6) is 0 Å². The van der Waals surface area contributed by atoms with Gasteiger partial charge in [-0.25, -0.2) is 0 Å². The van der Waals surface area contributed by atoms with Crippen molar-refractivity contribution in [2.24, 2.45) is 0 Å². The number of unbranched alkanes of at least 4 members (excludes halogenated alkanes) is 1. The summed E-state index contributed by atoms with van der Waals surface area (Å²) in [6, 6.07) is 0. The van der Waals surface area contributed by atoms with E-state index < -0.39 is 33.7 Å². The van der Waals surface area contributed by atoms with Gasteiger partial charge in [-0.15, -0.1) is 0 Å². The zero-order chi connectivity index (χ0) is 12.8. The molecule has 0 bridgehead atoms. The minimum atomic E-state index is -4.75. The molecule has 0 amide bonds. The first-order chi connectivity index (χ1) is 7.29. The van der Waals surface area contributed by atoms with Crippen molar-refractivity contribution in [3.63, 3.8) is 0 Å². The van der Waals surface area contributed by atoms with Crippen molar-refractivity contribution in [2.75, 3.05) is 6.61 Å². The van der Waals surface area contributed by atoms with Gasteiger partial charge in [0, 0.05) is 0 Å². The van der Waals surface area contributed by atoms with Gasteiger partial charge in [-0.2, -0.15) is 8.42 Å². The van der Waals surface area contributed by atoms with Crippen LogP contribution < -0.4 is 0 Å². The van der Waals surface area contributed by atoms with E-state index in [1.54, 1.807) is 0 Å². The summed E-state index contributed by atoms with van der Waals surface area (Å²) in [5.41, 5.74) is 0. The van der Waals surface area contributed by atoms with Gasteiger partial charge in [0.2, 0.25) is 0 Å². The summed E-state index contributed by atoms with van der Waals surface area (Å²) >= 11 is 0. The first-order valence-electron chi connectivity index (χ1n) is 4.63. The first kappa shape index (κ1) is 19.4. The Morgan fingerprint density at radius 3 is 2.24 bits per heavy atom. The van der Waals surface area contributed by atoms with Gasteiger partial charge in [-0.1, -0.05) is 13.3 Å². The molecule has 1 atom stereocenters. The number of rotatable bonds is 7. The number of carboxylic acids is 1. The maximum absolute atomic E-state index is 11.2. The summed E-state index contributed by atoms with van der Waals surface area (Å²) < 4.78 is 34.7. The second-order valence-corrected chi connectivity index (χ2v) is 4.72. The Bertz CT molecular complexity index is 351. The molecular formula is C8H16CaO7S. The first-order valence-corrected chi connectivity index (χ1v) is 6.14. The molecular weight excluding hydrogens is 280 g/mol. The standard InChI is InChI=1S/C8H14O7S.Ca.2H/c1-2-3-4-15-8(11)6(5-7(9)10)16(12,13)14;;;/h6H,2-5H2,1H3,(H,9,10)(H,12,13,14);;;. The summed E-state index contributed by atoms with van der Waals surface area (Å²) in [4.78, 5) is 21.5. The molecule has 9 heteroatoms. The van der Waals surface area contributed by atoms with Crippen molar-refractivity contribution >= 4 is 59.8 Å². The molecule has 98 valence electrons. The van der Waals surface area contributed by atoms with Gasteiger partial charge in [-0.3, -0.25) is 14.1 Å². The van der Waals surface area contributed by atoms with Crippen molar-refractivity contribution in [1.29, 1.82) is 0 Å². The fourth-order valence-electron chi connectivity index (χ4n) is 0.879. The molecule has 0 rings (SSSR count). The number of hydrogen-bond donors (Lipinski definition) is 2. The van der Waals surface area contributed by atoms with Crippen molar-refractivity contribution in [2.45, 2.75) is 31.4 Å². The summed E-state index contributed by atoms with van der Waals surface area (Å²) in [6.45, 7) is 1.84. The molecule has 2 N–H and O–H groups in total. The number of aliphatic carboxylic acids is 1. The maximum atomic E-state index is 11.2. The van der Waals surface area contributed by atoms with E-state index in [0.29, 0.717) is 6.42 Å². The number of ether oxygens (including phenoxy) is 1. The molecule has 0 aromatic heterocycles. The van der Waals surface area contributed by atoms with E-state index in [1.165, 1.54) is 0 Å². The molecule has 0 aromatic rings. The van der Waals surface area contributed by atoms with Crippen LogP contribution >= 0.6 is 0 Å².